The maximum atomic E-state index is 14.9. The van der Waals surface area contributed by atoms with Gasteiger partial charge in [-0.2, -0.15) is 22.7 Å². The van der Waals surface area contributed by atoms with Crippen LogP contribution in [0, 0.1) is 51.2 Å². The van der Waals surface area contributed by atoms with E-state index in [9.17, 15) is 68.1 Å². The van der Waals surface area contributed by atoms with Gasteiger partial charge in [-0.15, -0.1) is 0 Å². The van der Waals surface area contributed by atoms with Crippen LogP contribution >= 0.6 is 22.7 Å². The van der Waals surface area contributed by atoms with Crippen LogP contribution in [0.25, 0.3) is 0 Å². The molecule has 24 heteroatoms. The highest BCUT2D eigenvalue weighted by atomic mass is 32.1. The number of rotatable bonds is 9. The molecule has 528 valence electrons. The quantitative estimate of drug-likeness (QED) is 0.0609. The Labute approximate surface area is 581 Å². The number of imide groups is 1. The van der Waals surface area contributed by atoms with Gasteiger partial charge in [-0.1, -0.05) is 111 Å². The van der Waals surface area contributed by atoms with Gasteiger partial charge in [-0.3, -0.25) is 48.1 Å². The highest BCUT2D eigenvalue weighted by molar-refractivity contribution is 7.08. The number of benzene rings is 2. The first kappa shape index (κ1) is 72.5. The molecule has 4 bridgehead atoms. The van der Waals surface area contributed by atoms with Crippen molar-refractivity contribution in [3.05, 3.63) is 139 Å². The van der Waals surface area contributed by atoms with Crippen molar-refractivity contribution in [1.29, 1.82) is 0 Å². The van der Waals surface area contributed by atoms with E-state index >= 15 is 0 Å². The fourth-order valence-electron chi connectivity index (χ4n) is 18.1. The number of aliphatic hydroxyl groups is 3. The maximum Gasteiger partial charge on any atom is 0.339 e. The Hall–Kier alpha value is -7.71. The summed E-state index contributed by atoms with van der Waals surface area (Å²) in [4.78, 5) is 147. The van der Waals surface area contributed by atoms with Crippen LogP contribution in [-0.4, -0.2) is 157 Å². The maximum absolute atomic E-state index is 14.9. The van der Waals surface area contributed by atoms with E-state index in [2.05, 4.69) is 0 Å². The van der Waals surface area contributed by atoms with Gasteiger partial charge in [-0.05, 0) is 101 Å². The van der Waals surface area contributed by atoms with E-state index in [1.807, 2.05) is 57.2 Å². The highest BCUT2D eigenvalue weighted by Crippen LogP contribution is 2.67. The topological polar surface area (TPSA) is 316 Å². The normalized spacial score (nSPS) is 36.7. The molecule has 5 heterocycles. The summed E-state index contributed by atoms with van der Waals surface area (Å²) in [5.74, 6) is -9.06. The number of fused-ring (bicyclic) bond motifs is 10. The Kier molecular flexibility index (Phi) is 18.8. The molecule has 13 unspecified atom stereocenters. The average Bonchev–Trinajstić information content (AvgIpc) is 0.738. The number of aliphatic hydroxyl groups excluding tert-OH is 1. The van der Waals surface area contributed by atoms with E-state index < -0.39 is 170 Å². The molecule has 3 N–H and O–H groups in total. The van der Waals surface area contributed by atoms with E-state index in [4.69, 9.17) is 33.2 Å². The second-order valence-electron chi connectivity index (χ2n) is 29.7. The van der Waals surface area contributed by atoms with Gasteiger partial charge in [0, 0.05) is 71.6 Å². The molecule has 9 aliphatic rings. The van der Waals surface area contributed by atoms with E-state index in [0.717, 1.165) is 5.56 Å². The molecule has 6 aliphatic carbocycles. The van der Waals surface area contributed by atoms with Gasteiger partial charge in [0.2, 0.25) is 5.91 Å². The lowest BCUT2D eigenvalue weighted by molar-refractivity contribution is -0.338. The number of esters is 5. The van der Waals surface area contributed by atoms with Crippen molar-refractivity contribution in [2.45, 2.75) is 188 Å². The minimum atomic E-state index is -2.08. The number of hydrogen-bond acceptors (Lipinski definition) is 23. The molecule has 4 aromatic rings. The van der Waals surface area contributed by atoms with Crippen LogP contribution in [0.15, 0.2) is 117 Å². The molecule has 2 aromatic heterocycles. The number of ketones is 4. The van der Waals surface area contributed by atoms with Gasteiger partial charge in [0.15, 0.2) is 40.4 Å². The standard InChI is InChI=1S/C30H36O10S.C28H34O9S.C17H15NO2/c1-14-10-20-29(13-37-20,40-17(4)32)23-25(39-26(35)18-8-9-41-12-18)30(36)11-19(33)15(2)21(27(30,5)6)22(38-16(3)31)24(34)28(14,23)7;1-13-9-18-27(12-35-18,37-15(3)29)21-23(36-24(33)16-7-8-38-11-16)28(34)10-17(30)14(2)19(25(28,4)5)20(31)22(32)26(13,21)6;1-12-15(13-8-4-2-5-9-13)18(16(12)19)17(20)14-10-6-3-7-11-14/h8-9,12,14,20,22-23,25,36H,10-11,13H2,1-7H3;7-8,11,13,18,20-21,23,31,34H,9-10,12H2,1-6H3;2-12,15H,1H3/t14-,20?,22?,23?,25?,28+,29?,30?;13-,18?,20?,21?,23?,26+,27?,28?;12-,15?/m001/s1. The third-order valence-electron chi connectivity index (χ3n) is 24.0. The van der Waals surface area contributed by atoms with Crippen LogP contribution in [0.3, 0.4) is 0 Å². The van der Waals surface area contributed by atoms with E-state index in [1.54, 1.807) is 113 Å². The Morgan fingerprint density at radius 1 is 0.556 bits per heavy atom. The third kappa shape index (κ3) is 11.1. The monoisotopic (exact) mass is 1400 g/mol. The summed E-state index contributed by atoms with van der Waals surface area (Å²) in [5, 5.41) is 43.7. The predicted octanol–water partition coefficient (Wildman–Crippen LogP) is 8.87. The highest BCUT2D eigenvalue weighted by Gasteiger charge is 2.80. The molecule has 4 saturated carbocycles. The summed E-state index contributed by atoms with van der Waals surface area (Å²) in [5.41, 5.74) is -9.84. The van der Waals surface area contributed by atoms with Crippen LogP contribution in [0.4, 0.5) is 0 Å². The van der Waals surface area contributed by atoms with E-state index in [-0.39, 0.29) is 70.4 Å². The number of allylic oxidation sites excluding steroid dienone is 2. The van der Waals surface area contributed by atoms with Gasteiger partial charge in [0.05, 0.1) is 48.1 Å². The lowest BCUT2D eigenvalue weighted by atomic mass is 9.43. The minimum absolute atomic E-state index is 0.0771. The number of nitrogens with zero attached hydrogens (tertiary/aromatic N) is 1. The molecule has 0 radical (unpaired) electrons. The van der Waals surface area contributed by atoms with Crippen LogP contribution in [0.2, 0.25) is 0 Å². The first-order chi connectivity index (χ1) is 46.3. The summed E-state index contributed by atoms with van der Waals surface area (Å²) in [6, 6.07) is 21.6. The molecule has 2 aromatic carbocycles. The van der Waals surface area contributed by atoms with Crippen molar-refractivity contribution < 1.29 is 101 Å². The van der Waals surface area contributed by atoms with Gasteiger partial charge < -0.3 is 48.5 Å². The predicted molar refractivity (Wildman–Crippen MR) is 356 cm³/mol. The summed E-state index contributed by atoms with van der Waals surface area (Å²) >= 11 is 2.58. The Morgan fingerprint density at radius 3 is 1.38 bits per heavy atom. The number of hydrogen-bond donors (Lipinski definition) is 3. The molecule has 7 fully saturated rings. The molecule has 2 amide bonds. The molecule has 22 nitrogen and oxygen atoms in total. The van der Waals surface area contributed by atoms with Crippen LogP contribution in [0.5, 0.6) is 0 Å². The average molecular weight is 1400 g/mol. The van der Waals surface area contributed by atoms with E-state index in [1.165, 1.54) is 48.3 Å². The lowest BCUT2D eigenvalue weighted by Gasteiger charge is -2.67. The molecular formula is C75H85NO21S2. The van der Waals surface area contributed by atoms with Crippen molar-refractivity contribution >= 4 is 87.5 Å². The second-order valence-corrected chi connectivity index (χ2v) is 31.2. The summed E-state index contributed by atoms with van der Waals surface area (Å²) in [6.07, 6.45) is -7.54. The van der Waals surface area contributed by atoms with Crippen molar-refractivity contribution in [3.63, 3.8) is 0 Å². The molecule has 99 heavy (non-hydrogen) atoms. The Morgan fingerprint density at radius 2 is 0.980 bits per heavy atom. The Bertz CT molecular complexity index is 4050. The smallest absolute Gasteiger partial charge is 0.339 e. The van der Waals surface area contributed by atoms with Crippen molar-refractivity contribution in [2.75, 3.05) is 13.2 Å². The lowest BCUT2D eigenvalue weighted by Crippen LogP contribution is -2.80. The Balaban J connectivity index is 0.000000158. The van der Waals surface area contributed by atoms with Crippen LogP contribution < -0.4 is 0 Å². The van der Waals surface area contributed by atoms with Gasteiger partial charge in [0.25, 0.3) is 5.91 Å². The first-order valence-corrected chi connectivity index (χ1v) is 35.2. The molecule has 0 spiro atoms. The fraction of sp³-hybridized carbons (Fsp3) is 0.533. The fourth-order valence-corrected chi connectivity index (χ4v) is 19.3. The molecule has 3 saturated heterocycles. The van der Waals surface area contributed by atoms with Crippen LogP contribution in [0.1, 0.15) is 165 Å². The number of Topliss-reactive ketones (excluding diaryl/α,β-unsaturated/α-hetero) is 4. The zero-order valence-electron chi connectivity index (χ0n) is 57.9. The number of ether oxygens (including phenoxy) is 7. The zero-order chi connectivity index (χ0) is 72.4. The molecule has 18 atom stereocenters. The number of carbonyl (C=O) groups is 11. The molecular weight excluding hydrogens is 1310 g/mol. The summed E-state index contributed by atoms with van der Waals surface area (Å²) in [7, 11) is 0. The molecule has 13 rings (SSSR count). The van der Waals surface area contributed by atoms with Gasteiger partial charge >= 0.3 is 29.8 Å². The van der Waals surface area contributed by atoms with Gasteiger partial charge in [0.1, 0.15) is 41.7 Å². The number of β-lactam (4-membered cyclic amide) rings is 1. The number of thiophene rings is 2. The zero-order valence-corrected chi connectivity index (χ0v) is 59.5. The van der Waals surface area contributed by atoms with Gasteiger partial charge in [-0.25, -0.2) is 9.59 Å². The second kappa shape index (κ2) is 25.7. The summed E-state index contributed by atoms with van der Waals surface area (Å²) < 4.78 is 41.8. The number of likely N-dealkylation sites (tertiary alicyclic amines) is 1. The third-order valence-corrected chi connectivity index (χ3v) is 25.3. The van der Waals surface area contributed by atoms with Crippen molar-refractivity contribution in [2.24, 2.45) is 51.2 Å². The van der Waals surface area contributed by atoms with E-state index in [0.29, 0.717) is 18.4 Å². The number of carbonyl (C=O) groups excluding carboxylic acids is 11. The number of amides is 2. The van der Waals surface area contributed by atoms with Crippen molar-refractivity contribution in [3.8, 4) is 0 Å². The molecule has 3 aliphatic heterocycles. The SMILES string of the molecule is CC(=O)OC12COC1C[C@H](C)[C@@]1(C)C(=O)C(O)C3=C(C)C(=O)CC(O)(C(OC(=O)c4ccsc4)C21)C3(C)C.CC(=O)OC1C(=O)[C@@]2(C)C(C(OC(=O)c3ccsc3)C3(O)CC(=O)C(C)=C1C3(C)C)C1(OC(C)=O)COC1C[C@@H]2C.C[C@H]1C(=O)N(C(=O)c2ccccc2)C1c1ccccc1. The largest absolute Gasteiger partial charge is 0.455 e. The first-order valence-electron chi connectivity index (χ1n) is 33.3. The minimum Gasteiger partial charge on any atom is -0.455 e. The van der Waals surface area contributed by atoms with Crippen LogP contribution in [-0.2, 0) is 71.5 Å². The summed E-state index contributed by atoms with van der Waals surface area (Å²) in [6.45, 7) is 22.1. The van der Waals surface area contributed by atoms with Crippen molar-refractivity contribution in [1.82, 2.24) is 4.90 Å².